The lowest BCUT2D eigenvalue weighted by Crippen LogP contribution is -2.44. The van der Waals surface area contributed by atoms with E-state index in [-0.39, 0.29) is 12.5 Å². The van der Waals surface area contributed by atoms with Crippen molar-refractivity contribution in [2.75, 3.05) is 18.6 Å². The van der Waals surface area contributed by atoms with Crippen LogP contribution in [-0.2, 0) is 27.5 Å². The Labute approximate surface area is 161 Å². The van der Waals surface area contributed by atoms with Gasteiger partial charge in [0, 0.05) is 4.90 Å². The number of rotatable bonds is 7. The minimum Gasteiger partial charge on any atom is -0.497 e. The first-order valence-electron chi connectivity index (χ1n) is 8.29. The van der Waals surface area contributed by atoms with Gasteiger partial charge in [-0.05, 0) is 41.8 Å². The maximum Gasteiger partial charge on any atom is 0.323 e. The largest absolute Gasteiger partial charge is 0.497 e. The Morgan fingerprint density at radius 1 is 1.22 bits per heavy atom. The molecule has 0 aromatic heterocycles. The van der Waals surface area contributed by atoms with E-state index in [4.69, 9.17) is 10.6 Å². The second-order valence-corrected chi connectivity index (χ2v) is 7.33. The molecule has 0 saturated carbocycles. The minimum absolute atomic E-state index is 0.183. The molecule has 1 heterocycles. The zero-order valence-electron chi connectivity index (χ0n) is 14.8. The molecule has 2 aromatic carbocycles. The third-order valence-electron chi connectivity index (χ3n) is 4.25. The van der Waals surface area contributed by atoms with E-state index >= 15 is 0 Å². The molecule has 0 aliphatic carbocycles. The predicted molar refractivity (Wildman–Crippen MR) is 102 cm³/mol. The van der Waals surface area contributed by atoms with E-state index in [1.165, 1.54) is 16.7 Å². The molecule has 0 spiro atoms. The quantitative estimate of drug-likeness (QED) is 0.701. The summed E-state index contributed by atoms with van der Waals surface area (Å²) in [6.07, 6.45) is 0.497. The van der Waals surface area contributed by atoms with E-state index in [9.17, 15) is 14.7 Å². The van der Waals surface area contributed by atoms with Crippen molar-refractivity contribution in [2.24, 2.45) is 5.90 Å². The Morgan fingerprint density at radius 3 is 2.56 bits per heavy atom. The predicted octanol–water partition coefficient (Wildman–Crippen LogP) is 2.22. The number of carboxylic acids is 1. The molecule has 27 heavy (non-hydrogen) atoms. The maximum absolute atomic E-state index is 13.0. The summed E-state index contributed by atoms with van der Waals surface area (Å²) in [4.78, 5) is 31.1. The second-order valence-electron chi connectivity index (χ2n) is 6.09. The van der Waals surface area contributed by atoms with Crippen LogP contribution in [0.2, 0.25) is 0 Å². The number of methoxy groups -OCH3 is 1. The molecule has 0 fully saturated rings. The summed E-state index contributed by atoms with van der Waals surface area (Å²) in [6.45, 7) is -0.208. The van der Waals surface area contributed by atoms with Gasteiger partial charge in [0.25, 0.3) is 0 Å². The number of thioether (sulfide) groups is 1. The summed E-state index contributed by atoms with van der Waals surface area (Å²) < 4.78 is 5.15. The summed E-state index contributed by atoms with van der Waals surface area (Å²) in [7, 11) is 1.60. The van der Waals surface area contributed by atoms with Crippen molar-refractivity contribution in [1.82, 2.24) is 0 Å². The smallest absolute Gasteiger partial charge is 0.323 e. The highest BCUT2D eigenvalue weighted by Gasteiger charge is 2.34. The molecule has 1 atom stereocenters. The zero-order chi connectivity index (χ0) is 19.4. The molecule has 1 amide bonds. The Bertz CT molecular complexity index is 840. The SMILES string of the molecule is COc1ccc(CC2Sc3ccc(CON)cc3N(CC(=O)O)C2=O)cc1. The van der Waals surface area contributed by atoms with Crippen LogP contribution < -0.4 is 15.5 Å². The van der Waals surface area contributed by atoms with Gasteiger partial charge in [0.15, 0.2) is 0 Å². The monoisotopic (exact) mass is 388 g/mol. The highest BCUT2D eigenvalue weighted by atomic mass is 32.2. The Kier molecular flexibility index (Phi) is 6.00. The number of fused-ring (bicyclic) bond motifs is 1. The first kappa shape index (κ1) is 19.2. The van der Waals surface area contributed by atoms with Gasteiger partial charge in [-0.25, -0.2) is 5.90 Å². The molecule has 2 aromatic rings. The van der Waals surface area contributed by atoms with Gasteiger partial charge in [-0.15, -0.1) is 11.8 Å². The number of hydrogen-bond acceptors (Lipinski definition) is 6. The third kappa shape index (κ3) is 4.41. The lowest BCUT2D eigenvalue weighted by atomic mass is 10.1. The van der Waals surface area contributed by atoms with Crippen LogP contribution >= 0.6 is 11.8 Å². The summed E-state index contributed by atoms with van der Waals surface area (Å²) in [5.74, 6) is 4.57. The van der Waals surface area contributed by atoms with E-state index in [1.54, 1.807) is 13.2 Å². The second kappa shape index (κ2) is 8.43. The lowest BCUT2D eigenvalue weighted by molar-refractivity contribution is -0.136. The summed E-state index contributed by atoms with van der Waals surface area (Å²) in [6, 6.07) is 13.0. The lowest BCUT2D eigenvalue weighted by Gasteiger charge is -2.33. The zero-order valence-corrected chi connectivity index (χ0v) is 15.6. The van der Waals surface area contributed by atoms with Crippen LogP contribution in [0.25, 0.3) is 0 Å². The van der Waals surface area contributed by atoms with Gasteiger partial charge >= 0.3 is 5.97 Å². The van der Waals surface area contributed by atoms with Crippen LogP contribution in [0.3, 0.4) is 0 Å². The molecule has 1 unspecified atom stereocenters. The Balaban J connectivity index is 1.89. The number of carbonyl (C=O) groups excluding carboxylic acids is 1. The maximum atomic E-state index is 13.0. The number of aliphatic carboxylic acids is 1. The van der Waals surface area contributed by atoms with Gasteiger partial charge < -0.3 is 9.84 Å². The molecule has 1 aliphatic heterocycles. The van der Waals surface area contributed by atoms with Gasteiger partial charge in [0.1, 0.15) is 12.3 Å². The van der Waals surface area contributed by atoms with Crippen molar-refractivity contribution < 1.29 is 24.3 Å². The normalized spacial score (nSPS) is 16.1. The Hall–Kier alpha value is -2.55. The van der Waals surface area contributed by atoms with Crippen molar-refractivity contribution in [2.45, 2.75) is 23.2 Å². The molecule has 3 N–H and O–H groups in total. The van der Waals surface area contributed by atoms with Crippen molar-refractivity contribution >= 4 is 29.3 Å². The molecule has 7 nitrogen and oxygen atoms in total. The van der Waals surface area contributed by atoms with Crippen molar-refractivity contribution in [3.63, 3.8) is 0 Å². The fourth-order valence-electron chi connectivity index (χ4n) is 2.96. The number of hydrogen-bond donors (Lipinski definition) is 2. The van der Waals surface area contributed by atoms with Crippen molar-refractivity contribution in [1.29, 1.82) is 0 Å². The fraction of sp³-hybridized carbons (Fsp3) is 0.263. The number of amides is 1. The number of anilines is 1. The number of benzene rings is 2. The molecule has 142 valence electrons. The third-order valence-corrected chi connectivity index (χ3v) is 5.50. The molecule has 0 radical (unpaired) electrons. The summed E-state index contributed by atoms with van der Waals surface area (Å²) in [5.41, 5.74) is 2.33. The van der Waals surface area contributed by atoms with Crippen LogP contribution in [0.1, 0.15) is 11.1 Å². The van der Waals surface area contributed by atoms with E-state index < -0.39 is 17.8 Å². The van der Waals surface area contributed by atoms with Crippen molar-refractivity contribution in [3.8, 4) is 5.75 Å². The number of ether oxygens (including phenoxy) is 1. The van der Waals surface area contributed by atoms with Crippen LogP contribution in [0.15, 0.2) is 47.4 Å². The first-order valence-corrected chi connectivity index (χ1v) is 9.17. The summed E-state index contributed by atoms with van der Waals surface area (Å²) in [5, 5.41) is 8.86. The van der Waals surface area contributed by atoms with E-state index in [1.807, 2.05) is 36.4 Å². The number of carbonyl (C=O) groups is 2. The standard InChI is InChI=1S/C19H20N2O5S/c1-25-14-5-2-12(3-6-14)9-17-19(24)21(10-18(22)23)15-8-13(11-26-20)4-7-16(15)27-17/h2-8,17H,9-11,20H2,1H3,(H,22,23). The van der Waals surface area contributed by atoms with E-state index in [0.29, 0.717) is 12.1 Å². The Morgan fingerprint density at radius 2 is 1.93 bits per heavy atom. The van der Waals surface area contributed by atoms with Gasteiger partial charge in [-0.3, -0.25) is 19.3 Å². The molecular formula is C19H20N2O5S. The van der Waals surface area contributed by atoms with Gasteiger partial charge in [0.2, 0.25) is 5.91 Å². The van der Waals surface area contributed by atoms with Crippen molar-refractivity contribution in [3.05, 3.63) is 53.6 Å². The molecule has 3 rings (SSSR count). The number of nitrogens with zero attached hydrogens (tertiary/aromatic N) is 1. The van der Waals surface area contributed by atoms with Gasteiger partial charge in [-0.2, -0.15) is 0 Å². The van der Waals surface area contributed by atoms with Crippen LogP contribution in [0.5, 0.6) is 5.75 Å². The molecule has 0 bridgehead atoms. The highest BCUT2D eigenvalue weighted by Crippen LogP contribution is 2.41. The molecule has 8 heteroatoms. The highest BCUT2D eigenvalue weighted by molar-refractivity contribution is 8.01. The molecule has 0 saturated heterocycles. The van der Waals surface area contributed by atoms with Crippen LogP contribution in [-0.4, -0.2) is 35.9 Å². The number of nitrogens with two attached hydrogens (primary N) is 1. The van der Waals surface area contributed by atoms with Gasteiger partial charge in [-0.1, -0.05) is 18.2 Å². The van der Waals surface area contributed by atoms with Crippen LogP contribution in [0, 0.1) is 0 Å². The average Bonchev–Trinajstić information content (AvgIpc) is 2.66. The number of carboxylic acid groups (broad SMARTS) is 1. The van der Waals surface area contributed by atoms with Crippen LogP contribution in [0.4, 0.5) is 5.69 Å². The van der Waals surface area contributed by atoms with Gasteiger partial charge in [0.05, 0.1) is 24.7 Å². The minimum atomic E-state index is -1.06. The molecular weight excluding hydrogens is 368 g/mol. The summed E-state index contributed by atoms with van der Waals surface area (Å²) >= 11 is 1.44. The topological polar surface area (TPSA) is 102 Å². The first-order chi connectivity index (χ1) is 13.0. The van der Waals surface area contributed by atoms with E-state index in [2.05, 4.69) is 4.84 Å². The molecule has 1 aliphatic rings. The van der Waals surface area contributed by atoms with E-state index in [0.717, 1.165) is 21.8 Å². The average molecular weight is 388 g/mol. The fourth-order valence-corrected chi connectivity index (χ4v) is 4.21.